The number of anilines is 1. The van der Waals surface area contributed by atoms with Crippen molar-refractivity contribution in [2.75, 3.05) is 5.32 Å². The van der Waals surface area contributed by atoms with Gasteiger partial charge in [-0.2, -0.15) is 0 Å². The van der Waals surface area contributed by atoms with E-state index in [1.165, 1.54) is 15.9 Å². The maximum absolute atomic E-state index is 12.1. The molecule has 0 aliphatic heterocycles. The van der Waals surface area contributed by atoms with E-state index in [4.69, 9.17) is 10.2 Å². The minimum atomic E-state index is -0.582. The molecule has 0 fully saturated rings. The highest BCUT2D eigenvalue weighted by Crippen LogP contribution is 2.27. The number of benzene rings is 1. The van der Waals surface area contributed by atoms with Crippen LogP contribution in [0.5, 0.6) is 0 Å². The van der Waals surface area contributed by atoms with Gasteiger partial charge in [-0.05, 0) is 30.0 Å². The summed E-state index contributed by atoms with van der Waals surface area (Å²) in [5.74, 6) is -1.40. The van der Waals surface area contributed by atoms with Crippen LogP contribution >= 0.6 is 11.3 Å². The van der Waals surface area contributed by atoms with Crippen LogP contribution in [-0.4, -0.2) is 16.4 Å². The Labute approximate surface area is 140 Å². The van der Waals surface area contributed by atoms with E-state index in [2.05, 4.69) is 5.32 Å². The number of carbonyl (C=O) groups excluding carboxylic acids is 2. The number of carbonyl (C=O) groups is 2. The van der Waals surface area contributed by atoms with Gasteiger partial charge < -0.3 is 15.5 Å². The Morgan fingerprint density at radius 3 is 2.83 bits per heavy atom. The first-order chi connectivity index (χ1) is 11.5. The summed E-state index contributed by atoms with van der Waals surface area (Å²) in [5, 5.41) is 4.85. The summed E-state index contributed by atoms with van der Waals surface area (Å²) in [7, 11) is 0. The van der Waals surface area contributed by atoms with Crippen molar-refractivity contribution in [2.45, 2.75) is 19.9 Å². The number of thiophene rings is 1. The van der Waals surface area contributed by atoms with E-state index < -0.39 is 11.7 Å². The molecule has 0 saturated heterocycles. The second-order valence-corrected chi connectivity index (χ2v) is 6.15. The lowest BCUT2D eigenvalue weighted by Crippen LogP contribution is -2.21. The summed E-state index contributed by atoms with van der Waals surface area (Å²) < 4.78 is 6.53. The molecular weight excluding hydrogens is 330 g/mol. The first-order valence-corrected chi connectivity index (χ1v) is 8.11. The maximum atomic E-state index is 12.1. The van der Waals surface area contributed by atoms with Crippen molar-refractivity contribution in [3.8, 4) is 0 Å². The Hall–Kier alpha value is -2.87. The van der Waals surface area contributed by atoms with Gasteiger partial charge >= 0.3 is 5.76 Å². The summed E-state index contributed by atoms with van der Waals surface area (Å²) in [5.41, 5.74) is 7.49. The van der Waals surface area contributed by atoms with Crippen molar-refractivity contribution >= 4 is 39.3 Å². The molecule has 1 aromatic carbocycles. The van der Waals surface area contributed by atoms with E-state index in [0.717, 1.165) is 5.56 Å². The highest BCUT2D eigenvalue weighted by Gasteiger charge is 2.16. The Morgan fingerprint density at radius 2 is 2.08 bits per heavy atom. The molecule has 2 aromatic heterocycles. The average Bonchev–Trinajstić information content (AvgIpc) is 3.04. The molecule has 24 heavy (non-hydrogen) atoms. The number of oxazole rings is 1. The number of amides is 2. The molecule has 3 rings (SSSR count). The molecule has 2 heterocycles. The lowest BCUT2D eigenvalue weighted by atomic mass is 10.2. The molecule has 124 valence electrons. The molecule has 3 N–H and O–H groups in total. The zero-order valence-corrected chi connectivity index (χ0v) is 13.7. The summed E-state index contributed by atoms with van der Waals surface area (Å²) in [6, 6.07) is 7.01. The Morgan fingerprint density at radius 1 is 1.33 bits per heavy atom. The van der Waals surface area contributed by atoms with Crippen molar-refractivity contribution in [2.24, 2.45) is 5.73 Å². The van der Waals surface area contributed by atoms with Crippen LogP contribution in [0.25, 0.3) is 11.1 Å². The number of para-hydroxylation sites is 2. The SMILES string of the molecule is Cc1csc(NC(=O)CCn2c(=O)oc3ccccc32)c1C(N)=O. The molecule has 8 heteroatoms. The van der Waals surface area contributed by atoms with E-state index in [-0.39, 0.29) is 18.9 Å². The van der Waals surface area contributed by atoms with Crippen LogP contribution in [-0.2, 0) is 11.3 Å². The number of aryl methyl sites for hydroxylation is 2. The number of aromatic nitrogens is 1. The van der Waals surface area contributed by atoms with Gasteiger partial charge in [0, 0.05) is 13.0 Å². The monoisotopic (exact) mass is 345 g/mol. The number of nitrogens with one attached hydrogen (secondary N) is 1. The predicted octanol–water partition coefficient (Wildman–Crippen LogP) is 2.09. The molecule has 0 atom stereocenters. The van der Waals surface area contributed by atoms with Crippen molar-refractivity contribution in [1.29, 1.82) is 0 Å². The van der Waals surface area contributed by atoms with Gasteiger partial charge in [0.25, 0.3) is 5.91 Å². The smallest absolute Gasteiger partial charge is 0.408 e. The van der Waals surface area contributed by atoms with E-state index >= 15 is 0 Å². The molecule has 0 aliphatic rings. The van der Waals surface area contributed by atoms with Crippen LogP contribution in [0.4, 0.5) is 5.00 Å². The molecule has 0 aliphatic carbocycles. The van der Waals surface area contributed by atoms with Crippen molar-refractivity contribution in [3.63, 3.8) is 0 Å². The van der Waals surface area contributed by atoms with Gasteiger partial charge in [-0.3, -0.25) is 14.2 Å². The van der Waals surface area contributed by atoms with Gasteiger partial charge in [0.15, 0.2) is 5.58 Å². The largest absolute Gasteiger partial charge is 0.419 e. The highest BCUT2D eigenvalue weighted by atomic mass is 32.1. The van der Waals surface area contributed by atoms with Crippen molar-refractivity contribution in [3.05, 3.63) is 51.3 Å². The standard InChI is InChI=1S/C16H15N3O4S/c1-9-8-24-15(13(9)14(17)21)18-12(20)6-7-19-10-4-2-3-5-11(10)23-16(19)22/h2-5,8H,6-7H2,1H3,(H2,17,21)(H,18,20). The summed E-state index contributed by atoms with van der Waals surface area (Å²) in [4.78, 5) is 35.4. The fraction of sp³-hybridized carbons (Fsp3) is 0.188. The van der Waals surface area contributed by atoms with Gasteiger partial charge in [0.1, 0.15) is 5.00 Å². The van der Waals surface area contributed by atoms with Crippen LogP contribution < -0.4 is 16.8 Å². The van der Waals surface area contributed by atoms with E-state index in [1.807, 2.05) is 0 Å². The molecule has 0 unspecified atom stereocenters. The summed E-state index contributed by atoms with van der Waals surface area (Å²) in [6.45, 7) is 1.93. The van der Waals surface area contributed by atoms with E-state index in [9.17, 15) is 14.4 Å². The van der Waals surface area contributed by atoms with Gasteiger partial charge in [-0.15, -0.1) is 11.3 Å². The van der Waals surface area contributed by atoms with Crippen molar-refractivity contribution < 1.29 is 14.0 Å². The second kappa shape index (κ2) is 6.32. The van der Waals surface area contributed by atoms with Crippen LogP contribution in [0.3, 0.4) is 0 Å². The van der Waals surface area contributed by atoms with Crippen LogP contribution in [0, 0.1) is 6.92 Å². The molecule has 0 spiro atoms. The zero-order valence-electron chi connectivity index (χ0n) is 12.9. The number of nitrogens with two attached hydrogens (primary N) is 1. The van der Waals surface area contributed by atoms with Gasteiger partial charge in [-0.1, -0.05) is 12.1 Å². The minimum Gasteiger partial charge on any atom is -0.408 e. The number of hydrogen-bond acceptors (Lipinski definition) is 5. The van der Waals surface area contributed by atoms with Crippen LogP contribution in [0.15, 0.2) is 38.9 Å². The molecule has 2 amide bonds. The Bertz CT molecular complexity index is 983. The molecule has 0 bridgehead atoms. The third-order valence-electron chi connectivity index (χ3n) is 3.61. The first kappa shape index (κ1) is 16.0. The number of primary amides is 1. The average molecular weight is 345 g/mol. The lowest BCUT2D eigenvalue weighted by Gasteiger charge is -2.06. The first-order valence-electron chi connectivity index (χ1n) is 7.23. The van der Waals surface area contributed by atoms with Crippen LogP contribution in [0.1, 0.15) is 22.3 Å². The molecule has 7 nitrogen and oxygen atoms in total. The van der Waals surface area contributed by atoms with Gasteiger partial charge in [0.05, 0.1) is 11.1 Å². The summed E-state index contributed by atoms with van der Waals surface area (Å²) >= 11 is 1.24. The third-order valence-corrected chi connectivity index (χ3v) is 4.62. The summed E-state index contributed by atoms with van der Waals surface area (Å²) in [6.07, 6.45) is 0.0680. The molecular formula is C16H15N3O4S. The van der Waals surface area contributed by atoms with E-state index in [1.54, 1.807) is 36.6 Å². The number of fused-ring (bicyclic) bond motifs is 1. The van der Waals surface area contributed by atoms with Gasteiger partial charge in [-0.25, -0.2) is 4.79 Å². The molecule has 0 radical (unpaired) electrons. The predicted molar refractivity (Wildman–Crippen MR) is 91.3 cm³/mol. The Balaban J connectivity index is 1.73. The third kappa shape index (κ3) is 2.95. The molecule has 3 aromatic rings. The topological polar surface area (TPSA) is 107 Å². The van der Waals surface area contributed by atoms with Crippen molar-refractivity contribution in [1.82, 2.24) is 4.57 Å². The Kier molecular flexibility index (Phi) is 4.22. The maximum Gasteiger partial charge on any atom is 0.419 e. The number of rotatable bonds is 5. The zero-order chi connectivity index (χ0) is 17.3. The normalized spacial score (nSPS) is 10.9. The van der Waals surface area contributed by atoms with Crippen LogP contribution in [0.2, 0.25) is 0 Å². The minimum absolute atomic E-state index is 0.0680. The fourth-order valence-corrected chi connectivity index (χ4v) is 3.44. The van der Waals surface area contributed by atoms with Gasteiger partial charge in [0.2, 0.25) is 5.91 Å². The second-order valence-electron chi connectivity index (χ2n) is 5.27. The van der Waals surface area contributed by atoms with E-state index in [0.29, 0.717) is 21.7 Å². The highest BCUT2D eigenvalue weighted by molar-refractivity contribution is 7.15. The number of nitrogens with zero attached hydrogens (tertiary/aromatic N) is 1. The lowest BCUT2D eigenvalue weighted by molar-refractivity contribution is -0.116. The number of hydrogen-bond donors (Lipinski definition) is 2. The quantitative estimate of drug-likeness (QED) is 0.738. The molecule has 0 saturated carbocycles. The fourth-order valence-electron chi connectivity index (χ4n) is 2.47.